The molecule has 0 saturated carbocycles. The van der Waals surface area contributed by atoms with Crippen LogP contribution in [0.1, 0.15) is 15.9 Å². The molecule has 6 heteroatoms. The highest BCUT2D eigenvalue weighted by atomic mass is 127. The van der Waals surface area contributed by atoms with Gasteiger partial charge in [0.05, 0.1) is 16.8 Å². The summed E-state index contributed by atoms with van der Waals surface area (Å²) in [6.45, 7) is 0. The highest BCUT2D eigenvalue weighted by Crippen LogP contribution is 2.24. The highest BCUT2D eigenvalue weighted by molar-refractivity contribution is 14.1. The molecule has 0 fully saturated rings. The quantitative estimate of drug-likeness (QED) is 0.652. The van der Waals surface area contributed by atoms with Crippen molar-refractivity contribution in [3.8, 4) is 6.07 Å². The van der Waals surface area contributed by atoms with Gasteiger partial charge in [0.1, 0.15) is 6.07 Å². The van der Waals surface area contributed by atoms with Gasteiger partial charge in [0.2, 0.25) is 0 Å². The van der Waals surface area contributed by atoms with Gasteiger partial charge in [-0.3, -0.25) is 4.79 Å². The maximum absolute atomic E-state index is 12.3. The molecule has 0 aliphatic carbocycles. The number of rotatable bonds is 2. The molecular weight excluding hydrogens is 454 g/mol. The maximum atomic E-state index is 12.3. The first kappa shape index (κ1) is 15.3. The number of amides is 1. The van der Waals surface area contributed by atoms with Gasteiger partial charge in [0.15, 0.2) is 0 Å². The van der Waals surface area contributed by atoms with Gasteiger partial charge in [0, 0.05) is 13.1 Å². The van der Waals surface area contributed by atoms with Crippen LogP contribution in [0.4, 0.5) is 5.69 Å². The topological polar surface area (TPSA) is 52.9 Å². The third-order valence-corrected chi connectivity index (χ3v) is 4.12. The zero-order valence-corrected chi connectivity index (χ0v) is 14.5. The van der Waals surface area contributed by atoms with Gasteiger partial charge in [-0.25, -0.2) is 0 Å². The molecule has 2 rings (SSSR count). The summed E-state index contributed by atoms with van der Waals surface area (Å²) in [5, 5.41) is 12.2. The average molecular weight is 461 g/mol. The second-order valence-electron chi connectivity index (χ2n) is 3.88. The molecule has 0 aliphatic rings. The number of nitriles is 1. The first-order chi connectivity index (χ1) is 9.51. The predicted octanol–water partition coefficient (Wildman–Crippen LogP) is 4.83. The van der Waals surface area contributed by atoms with Gasteiger partial charge in [-0.1, -0.05) is 11.6 Å². The fourth-order valence-electron chi connectivity index (χ4n) is 1.58. The Morgan fingerprint density at radius 3 is 2.75 bits per heavy atom. The van der Waals surface area contributed by atoms with E-state index in [1.54, 1.807) is 30.3 Å². The number of anilines is 1. The summed E-state index contributed by atoms with van der Waals surface area (Å²) in [6.07, 6.45) is 0. The second kappa shape index (κ2) is 6.57. The summed E-state index contributed by atoms with van der Waals surface area (Å²) in [5.74, 6) is -0.297. The van der Waals surface area contributed by atoms with Crippen molar-refractivity contribution in [3.05, 3.63) is 60.6 Å². The molecule has 1 N–H and O–H groups in total. The monoisotopic (exact) mass is 460 g/mol. The van der Waals surface area contributed by atoms with E-state index in [9.17, 15) is 4.79 Å². The third kappa shape index (κ3) is 3.51. The Morgan fingerprint density at radius 2 is 2.05 bits per heavy atom. The highest BCUT2D eigenvalue weighted by Gasteiger charge is 2.13. The summed E-state index contributed by atoms with van der Waals surface area (Å²) < 4.78 is 1.64. The van der Waals surface area contributed by atoms with Crippen LogP contribution in [0, 0.1) is 14.9 Å². The van der Waals surface area contributed by atoms with Crippen LogP contribution < -0.4 is 5.32 Å². The van der Waals surface area contributed by atoms with Crippen molar-refractivity contribution in [2.24, 2.45) is 0 Å². The van der Waals surface area contributed by atoms with Crippen LogP contribution >= 0.6 is 50.1 Å². The molecule has 0 heterocycles. The average Bonchev–Trinajstić information content (AvgIpc) is 2.41. The van der Waals surface area contributed by atoms with Crippen LogP contribution in [0.2, 0.25) is 5.02 Å². The lowest BCUT2D eigenvalue weighted by atomic mass is 10.1. The van der Waals surface area contributed by atoms with Crippen LogP contribution in [0.25, 0.3) is 0 Å². The first-order valence-electron chi connectivity index (χ1n) is 5.47. The zero-order chi connectivity index (χ0) is 14.7. The minimum Gasteiger partial charge on any atom is -0.321 e. The number of carbonyl (C=O) groups is 1. The lowest BCUT2D eigenvalue weighted by molar-refractivity contribution is 0.102. The minimum absolute atomic E-state index is 0.297. The molecule has 100 valence electrons. The van der Waals surface area contributed by atoms with Crippen molar-refractivity contribution in [2.75, 3.05) is 5.32 Å². The van der Waals surface area contributed by atoms with Crippen molar-refractivity contribution < 1.29 is 4.79 Å². The Labute approximate surface area is 143 Å². The molecule has 0 radical (unpaired) electrons. The second-order valence-corrected chi connectivity index (χ2v) is 6.42. The molecule has 2 aromatic rings. The lowest BCUT2D eigenvalue weighted by Gasteiger charge is -2.09. The lowest BCUT2D eigenvalue weighted by Crippen LogP contribution is -2.13. The van der Waals surface area contributed by atoms with E-state index < -0.39 is 0 Å². The molecular formula is C14H7BrClIN2O. The van der Waals surface area contributed by atoms with Crippen LogP contribution in [0.3, 0.4) is 0 Å². The number of hydrogen-bond acceptors (Lipinski definition) is 2. The SMILES string of the molecule is N#Cc1ccc(Cl)cc1NC(=O)c1cc(I)ccc1Br. The standard InChI is InChI=1S/C14H7BrClIN2O/c15-12-4-3-10(17)6-11(12)14(20)19-13-5-9(16)2-1-8(13)7-18/h1-6H,(H,19,20). The molecule has 20 heavy (non-hydrogen) atoms. The molecule has 0 spiro atoms. The van der Waals surface area contributed by atoms with Crippen molar-refractivity contribution in [3.63, 3.8) is 0 Å². The van der Waals surface area contributed by atoms with E-state index in [1.807, 2.05) is 12.1 Å². The summed E-state index contributed by atoms with van der Waals surface area (Å²) in [4.78, 5) is 12.3. The van der Waals surface area contributed by atoms with Gasteiger partial charge in [-0.2, -0.15) is 5.26 Å². The van der Waals surface area contributed by atoms with Crippen LogP contribution in [0.15, 0.2) is 40.9 Å². The number of halogens is 3. The fraction of sp³-hybridized carbons (Fsp3) is 0. The van der Waals surface area contributed by atoms with Crippen LogP contribution in [-0.2, 0) is 0 Å². The minimum atomic E-state index is -0.297. The summed E-state index contributed by atoms with van der Waals surface area (Å²) in [7, 11) is 0. The van der Waals surface area contributed by atoms with E-state index in [2.05, 4.69) is 43.8 Å². The van der Waals surface area contributed by atoms with Crippen molar-refractivity contribution in [1.82, 2.24) is 0 Å². The molecule has 0 bridgehead atoms. The number of carbonyl (C=O) groups excluding carboxylic acids is 1. The molecule has 2 aromatic carbocycles. The normalized spacial score (nSPS) is 9.90. The molecule has 3 nitrogen and oxygen atoms in total. The van der Waals surface area contributed by atoms with Crippen LogP contribution in [0.5, 0.6) is 0 Å². The Kier molecular flexibility index (Phi) is 5.02. The number of nitrogens with one attached hydrogen (secondary N) is 1. The molecule has 0 aromatic heterocycles. The summed E-state index contributed by atoms with van der Waals surface area (Å²) >= 11 is 11.4. The Balaban J connectivity index is 2.35. The van der Waals surface area contributed by atoms with Gasteiger partial charge < -0.3 is 5.32 Å². The Hall–Kier alpha value is -1.10. The van der Waals surface area contributed by atoms with Crippen molar-refractivity contribution in [2.45, 2.75) is 0 Å². The smallest absolute Gasteiger partial charge is 0.256 e. The molecule has 0 aliphatic heterocycles. The fourth-order valence-corrected chi connectivity index (χ4v) is 2.67. The summed E-state index contributed by atoms with van der Waals surface area (Å²) in [6, 6.07) is 12.2. The molecule has 1 amide bonds. The summed E-state index contributed by atoms with van der Waals surface area (Å²) in [5.41, 5.74) is 1.26. The van der Waals surface area contributed by atoms with Crippen molar-refractivity contribution in [1.29, 1.82) is 5.26 Å². The molecule has 0 atom stereocenters. The Bertz CT molecular complexity index is 728. The number of hydrogen-bond donors (Lipinski definition) is 1. The largest absolute Gasteiger partial charge is 0.321 e. The number of benzene rings is 2. The third-order valence-electron chi connectivity index (χ3n) is 2.52. The van der Waals surface area contributed by atoms with E-state index in [-0.39, 0.29) is 5.91 Å². The molecule has 0 saturated heterocycles. The van der Waals surface area contributed by atoms with E-state index in [0.29, 0.717) is 26.3 Å². The maximum Gasteiger partial charge on any atom is 0.256 e. The van der Waals surface area contributed by atoms with Gasteiger partial charge in [-0.05, 0) is 74.9 Å². The van der Waals surface area contributed by atoms with Crippen LogP contribution in [-0.4, -0.2) is 5.91 Å². The predicted molar refractivity (Wildman–Crippen MR) is 91.0 cm³/mol. The van der Waals surface area contributed by atoms with E-state index >= 15 is 0 Å². The molecule has 0 unspecified atom stereocenters. The van der Waals surface area contributed by atoms with Gasteiger partial charge >= 0.3 is 0 Å². The number of nitrogens with zero attached hydrogens (tertiary/aromatic N) is 1. The van der Waals surface area contributed by atoms with Gasteiger partial charge in [0.25, 0.3) is 5.91 Å². The van der Waals surface area contributed by atoms with E-state index in [1.165, 1.54) is 0 Å². The Morgan fingerprint density at radius 1 is 1.30 bits per heavy atom. The zero-order valence-electron chi connectivity index (χ0n) is 9.95. The van der Waals surface area contributed by atoms with E-state index in [0.717, 1.165) is 3.57 Å². The van der Waals surface area contributed by atoms with Crippen molar-refractivity contribution >= 4 is 61.7 Å². The van der Waals surface area contributed by atoms with E-state index in [4.69, 9.17) is 16.9 Å². The first-order valence-corrected chi connectivity index (χ1v) is 7.72. The van der Waals surface area contributed by atoms with Gasteiger partial charge in [-0.15, -0.1) is 0 Å².